The van der Waals surface area contributed by atoms with Crippen molar-refractivity contribution in [1.29, 1.82) is 0 Å². The van der Waals surface area contributed by atoms with E-state index < -0.39 is 0 Å². The normalized spacial score (nSPS) is 24.4. The average molecular weight is 394 g/mol. The molecule has 28 heavy (non-hydrogen) atoms. The fourth-order valence-electron chi connectivity index (χ4n) is 5.64. The fraction of sp³-hybridized carbons (Fsp3) is 0.538. The molecule has 2 fully saturated rings. The molecule has 0 N–H and O–H groups in total. The van der Waals surface area contributed by atoms with E-state index in [0.717, 1.165) is 23.3 Å². The second kappa shape index (κ2) is 9.39. The van der Waals surface area contributed by atoms with E-state index in [1.807, 2.05) is 12.1 Å². The van der Waals surface area contributed by atoms with Crippen molar-refractivity contribution >= 4 is 8.80 Å². The molecule has 0 amide bonds. The summed E-state index contributed by atoms with van der Waals surface area (Å²) in [5.74, 6) is 2.60. The molecule has 0 nitrogen and oxygen atoms in total. The molecule has 0 bridgehead atoms. The molecule has 1 saturated carbocycles. The molecule has 0 unspecified atom stereocenters. The van der Waals surface area contributed by atoms with Crippen LogP contribution in [-0.4, -0.2) is 8.80 Å². The molecule has 1 aliphatic carbocycles. The van der Waals surface area contributed by atoms with Crippen LogP contribution in [0.2, 0.25) is 18.1 Å². The van der Waals surface area contributed by atoms with E-state index in [-0.39, 0.29) is 14.6 Å². The van der Waals surface area contributed by atoms with Gasteiger partial charge in [-0.3, -0.25) is 0 Å². The van der Waals surface area contributed by atoms with Crippen molar-refractivity contribution in [2.24, 2.45) is 11.8 Å². The molecule has 2 heteroatoms. The average Bonchev–Trinajstić information content (AvgIpc) is 2.75. The van der Waals surface area contributed by atoms with Crippen molar-refractivity contribution in [3.05, 3.63) is 59.9 Å². The smallest absolute Gasteiger partial charge is 0.123 e. The third-order valence-corrected chi connectivity index (χ3v) is 10.5. The van der Waals surface area contributed by atoms with Crippen LogP contribution in [0.5, 0.6) is 0 Å². The third-order valence-electron chi connectivity index (χ3n) is 7.34. The van der Waals surface area contributed by atoms with E-state index in [4.69, 9.17) is 0 Å². The molecule has 2 aromatic rings. The van der Waals surface area contributed by atoms with Gasteiger partial charge in [-0.05, 0) is 72.3 Å². The van der Waals surface area contributed by atoms with Gasteiger partial charge in [-0.1, -0.05) is 80.7 Å². The van der Waals surface area contributed by atoms with E-state index >= 15 is 0 Å². The van der Waals surface area contributed by atoms with Crippen molar-refractivity contribution in [1.82, 2.24) is 0 Å². The van der Waals surface area contributed by atoms with E-state index in [9.17, 15) is 4.39 Å². The minimum Gasteiger partial charge on any atom is -0.207 e. The molecule has 1 heterocycles. The topological polar surface area (TPSA) is 0 Å². The van der Waals surface area contributed by atoms with Gasteiger partial charge in [0.05, 0.1) is 0 Å². The molecule has 1 aliphatic heterocycles. The first-order valence-corrected chi connectivity index (χ1v) is 13.5. The minimum absolute atomic E-state index is 0.0276. The molecular formula is C26H34FSi. The van der Waals surface area contributed by atoms with Crippen molar-refractivity contribution in [3.8, 4) is 11.1 Å². The van der Waals surface area contributed by atoms with Crippen LogP contribution in [0.15, 0.2) is 48.5 Å². The first kappa shape index (κ1) is 19.9. The molecule has 4 rings (SSSR count). The lowest BCUT2D eigenvalue weighted by molar-refractivity contribution is 0.216. The Labute approximate surface area is 172 Å². The number of rotatable bonds is 5. The first-order chi connectivity index (χ1) is 13.7. The molecule has 0 atom stereocenters. The largest absolute Gasteiger partial charge is 0.207 e. The van der Waals surface area contributed by atoms with Gasteiger partial charge in [0.2, 0.25) is 0 Å². The van der Waals surface area contributed by atoms with Crippen LogP contribution in [0.3, 0.4) is 0 Å². The molecule has 1 radical (unpaired) electrons. The van der Waals surface area contributed by atoms with Crippen molar-refractivity contribution in [3.63, 3.8) is 0 Å². The van der Waals surface area contributed by atoms with Crippen molar-refractivity contribution in [2.45, 2.75) is 75.9 Å². The van der Waals surface area contributed by atoms with Crippen LogP contribution < -0.4 is 0 Å². The highest BCUT2D eigenvalue weighted by molar-refractivity contribution is 6.58. The van der Waals surface area contributed by atoms with Gasteiger partial charge in [-0.2, -0.15) is 0 Å². The lowest BCUT2D eigenvalue weighted by Crippen LogP contribution is -2.28. The van der Waals surface area contributed by atoms with E-state index in [2.05, 4.69) is 31.2 Å². The number of benzene rings is 2. The molecule has 149 valence electrons. The Kier molecular flexibility index (Phi) is 6.67. The van der Waals surface area contributed by atoms with Crippen LogP contribution in [0.4, 0.5) is 4.39 Å². The molecule has 2 aliphatic rings. The number of hydrogen-bond acceptors (Lipinski definition) is 0. The third kappa shape index (κ3) is 4.76. The van der Waals surface area contributed by atoms with Crippen molar-refractivity contribution in [2.75, 3.05) is 0 Å². The maximum atomic E-state index is 13.1. The van der Waals surface area contributed by atoms with Gasteiger partial charge in [0.15, 0.2) is 0 Å². The maximum absolute atomic E-state index is 13.1. The Hall–Kier alpha value is -1.41. The fourth-order valence-corrected chi connectivity index (χ4v) is 8.65. The van der Waals surface area contributed by atoms with Gasteiger partial charge >= 0.3 is 0 Å². The molecule has 0 spiro atoms. The maximum Gasteiger partial charge on any atom is 0.123 e. The van der Waals surface area contributed by atoms with Gasteiger partial charge < -0.3 is 0 Å². The van der Waals surface area contributed by atoms with Crippen LogP contribution in [0.1, 0.15) is 63.4 Å². The summed E-state index contributed by atoms with van der Waals surface area (Å²) >= 11 is 0. The summed E-state index contributed by atoms with van der Waals surface area (Å²) in [5.41, 5.74) is 3.78. The molecular weight excluding hydrogens is 359 g/mol. The molecule has 0 aromatic heterocycles. The lowest BCUT2D eigenvalue weighted by atomic mass is 9.72. The SMILES string of the molecule is CCC[Si]1CCC(C2CCC(c3ccc(-c4ccc(F)cc4)cc3)CC2)CC1. The summed E-state index contributed by atoms with van der Waals surface area (Å²) in [6.45, 7) is 2.36. The highest BCUT2D eigenvalue weighted by Gasteiger charge is 2.31. The minimum atomic E-state index is -0.169. The van der Waals surface area contributed by atoms with Gasteiger partial charge in [0.1, 0.15) is 5.82 Å². The second-order valence-corrected chi connectivity index (χ2v) is 12.1. The zero-order valence-corrected chi connectivity index (χ0v) is 18.3. The predicted octanol–water partition coefficient (Wildman–Crippen LogP) is 8.08. The van der Waals surface area contributed by atoms with E-state index in [1.165, 1.54) is 56.1 Å². The second-order valence-electron chi connectivity index (χ2n) is 9.08. The van der Waals surface area contributed by atoms with E-state index in [0.29, 0.717) is 0 Å². The Morgan fingerprint density at radius 1 is 0.750 bits per heavy atom. The molecule has 2 aromatic carbocycles. The van der Waals surface area contributed by atoms with Crippen LogP contribution >= 0.6 is 0 Å². The summed E-state index contributed by atoms with van der Waals surface area (Å²) in [7, 11) is 0.0276. The monoisotopic (exact) mass is 393 g/mol. The zero-order chi connectivity index (χ0) is 19.3. The van der Waals surface area contributed by atoms with Crippen LogP contribution in [-0.2, 0) is 0 Å². The van der Waals surface area contributed by atoms with Crippen molar-refractivity contribution < 1.29 is 4.39 Å². The summed E-state index contributed by atoms with van der Waals surface area (Å²) in [6.07, 6.45) is 10.1. The Morgan fingerprint density at radius 3 is 1.86 bits per heavy atom. The number of hydrogen-bond donors (Lipinski definition) is 0. The Balaban J connectivity index is 1.30. The van der Waals surface area contributed by atoms with Gasteiger partial charge in [0, 0.05) is 8.80 Å². The van der Waals surface area contributed by atoms with Gasteiger partial charge in [0.25, 0.3) is 0 Å². The summed E-state index contributed by atoms with van der Waals surface area (Å²) in [5, 5.41) is 0. The quantitative estimate of drug-likeness (QED) is 0.450. The first-order valence-electron chi connectivity index (χ1n) is 11.4. The van der Waals surface area contributed by atoms with Gasteiger partial charge in [-0.25, -0.2) is 4.39 Å². The highest BCUT2D eigenvalue weighted by atomic mass is 28.3. The summed E-state index contributed by atoms with van der Waals surface area (Å²) in [4.78, 5) is 0. The number of halogens is 1. The van der Waals surface area contributed by atoms with Crippen LogP contribution in [0.25, 0.3) is 11.1 Å². The van der Waals surface area contributed by atoms with Crippen LogP contribution in [0, 0.1) is 17.7 Å². The standard InChI is InChI=1S/C26H34FSi/c1-2-17-28-18-15-25(16-19-28)23-9-7-21(8-10-23)20-3-5-22(6-4-20)24-11-13-26(27)14-12-24/h3-6,11-14,21,23,25H,2,7-10,15-19H2,1H3. The summed E-state index contributed by atoms with van der Waals surface area (Å²) < 4.78 is 13.1. The lowest BCUT2D eigenvalue weighted by Gasteiger charge is -2.37. The molecule has 1 saturated heterocycles. The Bertz CT molecular complexity index is 720. The van der Waals surface area contributed by atoms with Gasteiger partial charge in [-0.15, -0.1) is 0 Å². The zero-order valence-electron chi connectivity index (χ0n) is 17.3. The highest BCUT2D eigenvalue weighted by Crippen LogP contribution is 2.43. The Morgan fingerprint density at radius 2 is 1.29 bits per heavy atom. The summed E-state index contributed by atoms with van der Waals surface area (Å²) in [6, 6.07) is 20.6. The predicted molar refractivity (Wildman–Crippen MR) is 120 cm³/mol. The van der Waals surface area contributed by atoms with E-state index in [1.54, 1.807) is 30.3 Å².